The lowest BCUT2D eigenvalue weighted by atomic mass is 10.0. The van der Waals surface area contributed by atoms with Crippen molar-refractivity contribution in [2.45, 2.75) is 24.8 Å². The molecule has 0 aromatic heterocycles. The van der Waals surface area contributed by atoms with Crippen LogP contribution < -0.4 is 4.90 Å². The summed E-state index contributed by atoms with van der Waals surface area (Å²) in [5.74, 6) is -0.0255. The molecule has 0 aliphatic carbocycles. The second-order valence-corrected chi connectivity index (χ2v) is 9.16. The molecule has 144 valence electrons. The Bertz CT molecular complexity index is 1170. The predicted molar refractivity (Wildman–Crippen MR) is 111 cm³/mol. The minimum atomic E-state index is -3.64. The van der Waals surface area contributed by atoms with Crippen LogP contribution in [0.2, 0.25) is 0 Å². The van der Waals surface area contributed by atoms with Gasteiger partial charge in [-0.2, -0.15) is 4.31 Å². The van der Waals surface area contributed by atoms with E-state index in [-0.39, 0.29) is 10.8 Å². The van der Waals surface area contributed by atoms with Crippen molar-refractivity contribution < 1.29 is 13.2 Å². The van der Waals surface area contributed by atoms with Gasteiger partial charge in [-0.1, -0.05) is 42.5 Å². The van der Waals surface area contributed by atoms with E-state index in [1.54, 1.807) is 30.1 Å². The van der Waals surface area contributed by atoms with Crippen molar-refractivity contribution >= 4 is 32.4 Å². The molecule has 0 fully saturated rings. The largest absolute Gasteiger partial charge is 0.312 e. The monoisotopic (exact) mass is 394 g/mol. The van der Waals surface area contributed by atoms with E-state index in [1.165, 1.54) is 11.2 Å². The van der Waals surface area contributed by atoms with Gasteiger partial charge in [0.15, 0.2) is 0 Å². The first-order chi connectivity index (χ1) is 13.4. The third-order valence-corrected chi connectivity index (χ3v) is 7.11. The highest BCUT2D eigenvalue weighted by Gasteiger charge is 2.27. The molecule has 3 aromatic rings. The Morgan fingerprint density at radius 3 is 2.61 bits per heavy atom. The van der Waals surface area contributed by atoms with Crippen LogP contribution in [0.1, 0.15) is 18.1 Å². The Morgan fingerprint density at radius 2 is 1.82 bits per heavy atom. The molecule has 0 saturated heterocycles. The Balaban J connectivity index is 1.64. The second kappa shape index (κ2) is 7.04. The van der Waals surface area contributed by atoms with Gasteiger partial charge in [-0.05, 0) is 46.5 Å². The van der Waals surface area contributed by atoms with Gasteiger partial charge in [-0.3, -0.25) is 4.79 Å². The van der Waals surface area contributed by atoms with Crippen molar-refractivity contribution in [3.8, 4) is 0 Å². The molecule has 28 heavy (non-hydrogen) atoms. The first-order valence-corrected chi connectivity index (χ1v) is 10.7. The molecule has 0 bridgehead atoms. The van der Waals surface area contributed by atoms with Crippen LogP contribution in [0.5, 0.6) is 0 Å². The first kappa shape index (κ1) is 18.7. The van der Waals surface area contributed by atoms with Crippen LogP contribution in [0, 0.1) is 0 Å². The van der Waals surface area contributed by atoms with E-state index in [4.69, 9.17) is 0 Å². The second-order valence-electron chi connectivity index (χ2n) is 7.11. The fraction of sp³-hybridized carbons (Fsp3) is 0.227. The van der Waals surface area contributed by atoms with Crippen molar-refractivity contribution in [2.24, 2.45) is 0 Å². The summed E-state index contributed by atoms with van der Waals surface area (Å²) < 4.78 is 27.6. The summed E-state index contributed by atoms with van der Waals surface area (Å²) in [6.45, 7) is 2.41. The Morgan fingerprint density at radius 1 is 1.07 bits per heavy atom. The summed E-state index contributed by atoms with van der Waals surface area (Å²) in [7, 11) is -2.03. The lowest BCUT2D eigenvalue weighted by Crippen LogP contribution is -2.27. The number of nitrogens with zero attached hydrogens (tertiary/aromatic N) is 2. The number of anilines is 1. The van der Waals surface area contributed by atoms with Crippen LogP contribution in [-0.2, 0) is 27.8 Å². The zero-order valence-corrected chi connectivity index (χ0v) is 16.7. The van der Waals surface area contributed by atoms with E-state index in [2.05, 4.69) is 0 Å². The number of sulfonamides is 1. The van der Waals surface area contributed by atoms with Crippen molar-refractivity contribution in [1.29, 1.82) is 0 Å². The van der Waals surface area contributed by atoms with Gasteiger partial charge in [0.1, 0.15) is 0 Å². The Kier molecular flexibility index (Phi) is 4.69. The average molecular weight is 394 g/mol. The summed E-state index contributed by atoms with van der Waals surface area (Å²) in [4.78, 5) is 13.7. The number of benzene rings is 3. The smallest absolute Gasteiger partial charge is 0.243 e. The molecule has 5 nitrogen and oxygen atoms in total. The summed E-state index contributed by atoms with van der Waals surface area (Å²) in [5.41, 5.74) is 2.67. The third kappa shape index (κ3) is 3.19. The van der Waals surface area contributed by atoms with Gasteiger partial charge in [0.2, 0.25) is 15.9 Å². The molecular formula is C22H22N2O3S. The fourth-order valence-electron chi connectivity index (χ4n) is 3.80. The maximum atomic E-state index is 13.1. The van der Waals surface area contributed by atoms with E-state index in [1.807, 2.05) is 42.5 Å². The Hall–Kier alpha value is -2.70. The molecule has 0 spiro atoms. The number of fused-ring (bicyclic) bond motifs is 2. The van der Waals surface area contributed by atoms with Crippen molar-refractivity contribution in [1.82, 2.24) is 4.31 Å². The minimum Gasteiger partial charge on any atom is -0.312 e. The van der Waals surface area contributed by atoms with E-state index in [0.29, 0.717) is 19.5 Å². The number of rotatable bonds is 4. The molecule has 1 amide bonds. The van der Waals surface area contributed by atoms with Crippen LogP contribution in [0.4, 0.5) is 5.69 Å². The Labute approximate surface area is 165 Å². The molecular weight excluding hydrogens is 372 g/mol. The van der Waals surface area contributed by atoms with Crippen LogP contribution >= 0.6 is 0 Å². The number of carbonyl (C=O) groups is 1. The summed E-state index contributed by atoms with van der Waals surface area (Å²) in [5, 5.41) is 2.14. The fourth-order valence-corrected chi connectivity index (χ4v) is 5.00. The van der Waals surface area contributed by atoms with E-state index in [0.717, 1.165) is 27.6 Å². The lowest BCUT2D eigenvalue weighted by molar-refractivity contribution is -0.116. The number of amides is 1. The van der Waals surface area contributed by atoms with Gasteiger partial charge < -0.3 is 4.90 Å². The van der Waals surface area contributed by atoms with Crippen molar-refractivity contribution in [3.63, 3.8) is 0 Å². The SMILES string of the molecule is CC(=O)N1CCc2cc(S(=O)(=O)N(C)Cc3cccc4ccccc34)ccc21. The molecule has 1 heterocycles. The van der Waals surface area contributed by atoms with Gasteiger partial charge in [0.25, 0.3) is 0 Å². The van der Waals surface area contributed by atoms with Crippen LogP contribution in [-0.4, -0.2) is 32.2 Å². The zero-order valence-electron chi connectivity index (χ0n) is 15.9. The van der Waals surface area contributed by atoms with E-state index < -0.39 is 10.0 Å². The van der Waals surface area contributed by atoms with Crippen LogP contribution in [0.15, 0.2) is 65.6 Å². The van der Waals surface area contributed by atoms with Gasteiger partial charge >= 0.3 is 0 Å². The van der Waals surface area contributed by atoms with Gasteiger partial charge in [0.05, 0.1) is 4.90 Å². The topological polar surface area (TPSA) is 57.7 Å². The molecule has 1 aliphatic rings. The summed E-state index contributed by atoms with van der Waals surface area (Å²) >= 11 is 0. The molecule has 0 unspecified atom stereocenters. The van der Waals surface area contributed by atoms with Crippen LogP contribution in [0.25, 0.3) is 10.8 Å². The quantitative estimate of drug-likeness (QED) is 0.680. The number of hydrogen-bond donors (Lipinski definition) is 0. The van der Waals surface area contributed by atoms with Gasteiger partial charge in [0, 0.05) is 32.7 Å². The molecule has 1 aliphatic heterocycles. The lowest BCUT2D eigenvalue weighted by Gasteiger charge is -2.19. The van der Waals surface area contributed by atoms with Gasteiger partial charge in [-0.15, -0.1) is 0 Å². The van der Waals surface area contributed by atoms with Crippen LogP contribution in [0.3, 0.4) is 0 Å². The number of carbonyl (C=O) groups excluding carboxylic acids is 1. The number of hydrogen-bond acceptors (Lipinski definition) is 3. The highest BCUT2D eigenvalue weighted by molar-refractivity contribution is 7.89. The minimum absolute atomic E-state index is 0.0255. The molecule has 0 atom stereocenters. The normalized spacial score (nSPS) is 13.9. The van der Waals surface area contributed by atoms with E-state index in [9.17, 15) is 13.2 Å². The third-order valence-electron chi connectivity index (χ3n) is 5.31. The molecule has 6 heteroatoms. The standard InChI is InChI=1S/C22H22N2O3S/c1-16(25)24-13-12-18-14-20(10-11-22(18)24)28(26,27)23(2)15-19-8-5-7-17-6-3-4-9-21(17)19/h3-11,14H,12-13,15H2,1-2H3. The van der Waals surface area contributed by atoms with Gasteiger partial charge in [-0.25, -0.2) is 8.42 Å². The maximum absolute atomic E-state index is 13.1. The molecule has 3 aromatic carbocycles. The molecule has 0 saturated carbocycles. The summed E-state index contributed by atoms with van der Waals surface area (Å²) in [6.07, 6.45) is 0.672. The molecule has 0 radical (unpaired) electrons. The maximum Gasteiger partial charge on any atom is 0.243 e. The highest BCUT2D eigenvalue weighted by Crippen LogP contribution is 2.31. The summed E-state index contributed by atoms with van der Waals surface area (Å²) in [6, 6.07) is 18.9. The average Bonchev–Trinajstić information content (AvgIpc) is 3.12. The first-order valence-electron chi connectivity index (χ1n) is 9.22. The van der Waals surface area contributed by atoms with Crippen molar-refractivity contribution in [2.75, 3.05) is 18.5 Å². The van der Waals surface area contributed by atoms with Crippen molar-refractivity contribution in [3.05, 3.63) is 71.8 Å². The zero-order chi connectivity index (χ0) is 19.9. The molecule has 4 rings (SSSR count). The highest BCUT2D eigenvalue weighted by atomic mass is 32.2. The predicted octanol–water partition coefficient (Wildman–Crippen LogP) is 3.57. The van der Waals surface area contributed by atoms with E-state index >= 15 is 0 Å². The molecule has 0 N–H and O–H groups in total.